The second-order valence-electron chi connectivity index (χ2n) is 6.85. The number of imide groups is 1. The molecule has 3 rings (SSSR count). The molecule has 1 N–H and O–H groups in total. The molecule has 2 aliphatic heterocycles. The zero-order valence-electron chi connectivity index (χ0n) is 15.4. The highest BCUT2D eigenvalue weighted by molar-refractivity contribution is 7.89. The number of sulfonamides is 1. The van der Waals surface area contributed by atoms with E-state index < -0.39 is 21.6 Å². The first-order valence-corrected chi connectivity index (χ1v) is 10.8. The Morgan fingerprint density at radius 1 is 1.15 bits per heavy atom. The summed E-state index contributed by atoms with van der Waals surface area (Å²) in [7, 11) is -3.29. The molecule has 148 valence electrons. The predicted molar refractivity (Wildman–Crippen MR) is 99.8 cm³/mol. The van der Waals surface area contributed by atoms with Crippen molar-refractivity contribution in [1.82, 2.24) is 14.5 Å². The number of amides is 3. The number of carbonyl (C=O) groups is 2. The summed E-state index contributed by atoms with van der Waals surface area (Å²) >= 11 is 0. The lowest BCUT2D eigenvalue weighted by Crippen LogP contribution is -2.56. The number of urea groups is 1. The number of rotatable bonds is 7. The van der Waals surface area contributed by atoms with E-state index in [9.17, 15) is 18.0 Å². The molecule has 2 heterocycles. The Morgan fingerprint density at radius 3 is 2.44 bits per heavy atom. The monoisotopic (exact) mass is 395 g/mol. The van der Waals surface area contributed by atoms with E-state index in [1.165, 1.54) is 9.21 Å². The van der Waals surface area contributed by atoms with Crippen LogP contribution in [0.3, 0.4) is 0 Å². The zero-order valence-corrected chi connectivity index (χ0v) is 16.2. The van der Waals surface area contributed by atoms with Crippen LogP contribution in [0.2, 0.25) is 0 Å². The number of ether oxygens (including phenoxy) is 1. The van der Waals surface area contributed by atoms with Gasteiger partial charge in [0, 0.05) is 13.1 Å². The van der Waals surface area contributed by atoms with Gasteiger partial charge in [-0.1, -0.05) is 25.1 Å². The van der Waals surface area contributed by atoms with Crippen LogP contribution in [0.4, 0.5) is 4.79 Å². The maximum absolute atomic E-state index is 12.8. The highest BCUT2D eigenvalue weighted by atomic mass is 32.2. The van der Waals surface area contributed by atoms with Gasteiger partial charge in [0.15, 0.2) is 0 Å². The van der Waals surface area contributed by atoms with Gasteiger partial charge in [0.25, 0.3) is 5.91 Å². The first-order valence-electron chi connectivity index (χ1n) is 9.18. The number of hydrogen-bond donors (Lipinski definition) is 1. The Hall–Kier alpha value is -2.13. The van der Waals surface area contributed by atoms with Crippen molar-refractivity contribution >= 4 is 22.0 Å². The lowest BCUT2D eigenvalue weighted by Gasteiger charge is -2.36. The highest BCUT2D eigenvalue weighted by Crippen LogP contribution is 2.30. The molecule has 0 bridgehead atoms. The van der Waals surface area contributed by atoms with Gasteiger partial charge in [-0.15, -0.1) is 0 Å². The smallest absolute Gasteiger partial charge is 0.325 e. The van der Waals surface area contributed by atoms with Gasteiger partial charge in [-0.25, -0.2) is 17.5 Å². The van der Waals surface area contributed by atoms with E-state index in [-0.39, 0.29) is 50.7 Å². The van der Waals surface area contributed by atoms with Crippen molar-refractivity contribution < 1.29 is 22.7 Å². The van der Waals surface area contributed by atoms with E-state index in [0.29, 0.717) is 12.2 Å². The van der Waals surface area contributed by atoms with Crippen molar-refractivity contribution in [3.63, 3.8) is 0 Å². The van der Waals surface area contributed by atoms with Crippen LogP contribution in [0.15, 0.2) is 30.3 Å². The summed E-state index contributed by atoms with van der Waals surface area (Å²) in [5, 5.41) is 2.78. The van der Waals surface area contributed by atoms with Crippen LogP contribution in [0, 0.1) is 0 Å². The minimum atomic E-state index is -3.29. The molecule has 0 radical (unpaired) electrons. The first-order chi connectivity index (χ1) is 12.9. The van der Waals surface area contributed by atoms with Gasteiger partial charge in [-0.3, -0.25) is 9.69 Å². The Morgan fingerprint density at radius 2 is 1.81 bits per heavy atom. The summed E-state index contributed by atoms with van der Waals surface area (Å²) in [5.41, 5.74) is -0.998. The molecule has 27 heavy (non-hydrogen) atoms. The fraction of sp³-hybridized carbons (Fsp3) is 0.556. The second kappa shape index (κ2) is 7.85. The molecule has 2 saturated heterocycles. The third kappa shape index (κ3) is 4.08. The molecule has 1 aromatic rings. The summed E-state index contributed by atoms with van der Waals surface area (Å²) in [6.07, 6.45) is 1.13. The van der Waals surface area contributed by atoms with Gasteiger partial charge in [0.05, 0.1) is 12.3 Å². The van der Waals surface area contributed by atoms with Crippen molar-refractivity contribution in [2.75, 3.05) is 32.0 Å². The van der Waals surface area contributed by atoms with Crippen molar-refractivity contribution in [3.05, 3.63) is 30.3 Å². The first kappa shape index (κ1) is 19.6. The number of benzene rings is 1. The van der Waals surface area contributed by atoms with Crippen LogP contribution in [0.1, 0.15) is 26.2 Å². The van der Waals surface area contributed by atoms with E-state index >= 15 is 0 Å². The molecule has 1 spiro atoms. The Labute approximate surface area is 159 Å². The average Bonchev–Trinajstić information content (AvgIpc) is 2.87. The molecule has 0 atom stereocenters. The molecule has 1 aromatic carbocycles. The third-order valence-electron chi connectivity index (χ3n) is 5.00. The SMILES string of the molecule is CCCS(=O)(=O)N1CCC2(CC1)NC(=O)N(CCOc1ccccc1)C2=O. The zero-order chi connectivity index (χ0) is 19.5. The van der Waals surface area contributed by atoms with Crippen molar-refractivity contribution in [2.45, 2.75) is 31.7 Å². The molecule has 0 saturated carbocycles. The molecular formula is C18H25N3O5S. The number of nitrogens with zero attached hydrogens (tertiary/aromatic N) is 2. The Balaban J connectivity index is 1.58. The van der Waals surface area contributed by atoms with Crippen molar-refractivity contribution in [1.29, 1.82) is 0 Å². The van der Waals surface area contributed by atoms with Gasteiger partial charge in [-0.2, -0.15) is 0 Å². The van der Waals surface area contributed by atoms with Crippen molar-refractivity contribution in [2.24, 2.45) is 0 Å². The van der Waals surface area contributed by atoms with Crippen LogP contribution >= 0.6 is 0 Å². The number of nitrogens with one attached hydrogen (secondary N) is 1. The van der Waals surface area contributed by atoms with Gasteiger partial charge in [0.2, 0.25) is 10.0 Å². The van der Waals surface area contributed by atoms with Crippen LogP contribution < -0.4 is 10.1 Å². The molecule has 8 nitrogen and oxygen atoms in total. The van der Waals surface area contributed by atoms with E-state index in [1.807, 2.05) is 25.1 Å². The molecule has 2 fully saturated rings. The topological polar surface area (TPSA) is 96.0 Å². The van der Waals surface area contributed by atoms with Crippen LogP contribution in [-0.2, 0) is 14.8 Å². The van der Waals surface area contributed by atoms with Gasteiger partial charge < -0.3 is 10.1 Å². The van der Waals surface area contributed by atoms with Crippen LogP contribution in [0.25, 0.3) is 0 Å². The number of piperidine rings is 1. The number of carbonyl (C=O) groups excluding carboxylic acids is 2. The maximum atomic E-state index is 12.8. The number of para-hydroxylation sites is 1. The summed E-state index contributed by atoms with van der Waals surface area (Å²) in [4.78, 5) is 26.3. The Kier molecular flexibility index (Phi) is 5.71. The summed E-state index contributed by atoms with van der Waals surface area (Å²) in [6.45, 7) is 2.65. The molecular weight excluding hydrogens is 370 g/mol. The minimum Gasteiger partial charge on any atom is -0.492 e. The average molecular weight is 395 g/mol. The van der Waals surface area contributed by atoms with Crippen LogP contribution in [-0.4, -0.2) is 67.1 Å². The summed E-state index contributed by atoms with van der Waals surface area (Å²) in [6, 6.07) is 8.74. The lowest BCUT2D eigenvalue weighted by atomic mass is 9.88. The van der Waals surface area contributed by atoms with Crippen molar-refractivity contribution in [3.8, 4) is 5.75 Å². The molecule has 2 aliphatic rings. The van der Waals surface area contributed by atoms with Gasteiger partial charge in [-0.05, 0) is 31.4 Å². The predicted octanol–water partition coefficient (Wildman–Crippen LogP) is 1.19. The minimum absolute atomic E-state index is 0.100. The van der Waals surface area contributed by atoms with E-state index in [2.05, 4.69) is 5.32 Å². The fourth-order valence-corrected chi connectivity index (χ4v) is 5.04. The molecule has 9 heteroatoms. The maximum Gasteiger partial charge on any atom is 0.325 e. The normalized spacial score (nSPS) is 20.1. The van der Waals surface area contributed by atoms with Gasteiger partial charge >= 0.3 is 6.03 Å². The second-order valence-corrected chi connectivity index (χ2v) is 8.93. The lowest BCUT2D eigenvalue weighted by molar-refractivity contribution is -0.132. The van der Waals surface area contributed by atoms with Gasteiger partial charge in [0.1, 0.15) is 17.9 Å². The van der Waals surface area contributed by atoms with E-state index in [0.717, 1.165) is 0 Å². The molecule has 0 aromatic heterocycles. The summed E-state index contributed by atoms with van der Waals surface area (Å²) in [5.74, 6) is 0.480. The van der Waals surface area contributed by atoms with Crippen LogP contribution in [0.5, 0.6) is 5.75 Å². The molecule has 3 amide bonds. The fourth-order valence-electron chi connectivity index (χ4n) is 3.52. The molecule has 0 unspecified atom stereocenters. The third-order valence-corrected chi connectivity index (χ3v) is 7.08. The van der Waals surface area contributed by atoms with E-state index in [1.54, 1.807) is 12.1 Å². The quantitative estimate of drug-likeness (QED) is 0.700. The largest absolute Gasteiger partial charge is 0.492 e. The number of hydrogen-bond acceptors (Lipinski definition) is 5. The Bertz CT molecular complexity index is 788. The highest BCUT2D eigenvalue weighted by Gasteiger charge is 2.53. The molecule has 0 aliphatic carbocycles. The summed E-state index contributed by atoms with van der Waals surface area (Å²) < 4.78 is 31.4. The standard InChI is InChI=1S/C18H25N3O5S/c1-2-14-27(24,25)20-10-8-18(9-11-20)16(22)21(17(23)19-18)12-13-26-15-6-4-3-5-7-15/h3-7H,2,8-14H2,1H3,(H,19,23). The van der Waals surface area contributed by atoms with E-state index in [4.69, 9.17) is 4.74 Å².